The van der Waals surface area contributed by atoms with Gasteiger partial charge in [-0.3, -0.25) is 0 Å². The van der Waals surface area contributed by atoms with Crippen molar-refractivity contribution in [3.63, 3.8) is 0 Å². The third kappa shape index (κ3) is 2.65. The summed E-state index contributed by atoms with van der Waals surface area (Å²) in [7, 11) is 1.59. The molecule has 0 atom stereocenters. The van der Waals surface area contributed by atoms with Crippen molar-refractivity contribution < 1.29 is 14.6 Å². The summed E-state index contributed by atoms with van der Waals surface area (Å²) in [6.45, 7) is 5.41. The third-order valence-electron chi connectivity index (χ3n) is 1.26. The van der Waals surface area contributed by atoms with Crippen molar-refractivity contribution in [1.82, 2.24) is 4.90 Å². The molecule has 0 saturated heterocycles. The van der Waals surface area contributed by atoms with Gasteiger partial charge in [-0.1, -0.05) is 6.58 Å². The van der Waals surface area contributed by atoms with E-state index in [1.54, 1.807) is 14.0 Å². The molecule has 0 aliphatic heterocycles. The molecule has 0 aliphatic rings. The van der Waals surface area contributed by atoms with Crippen molar-refractivity contribution in [1.29, 1.82) is 0 Å². The third-order valence-corrected chi connectivity index (χ3v) is 1.26. The SMILES string of the molecule is C=CN(C)/C(=C/O)C(=O)OCC. The fourth-order valence-corrected chi connectivity index (χ4v) is 0.591. The number of hydrogen-bond donors (Lipinski definition) is 1. The van der Waals surface area contributed by atoms with Crippen LogP contribution in [-0.2, 0) is 9.53 Å². The number of hydrogen-bond acceptors (Lipinski definition) is 4. The Hall–Kier alpha value is -1.45. The molecule has 12 heavy (non-hydrogen) atoms. The van der Waals surface area contributed by atoms with Gasteiger partial charge in [-0.05, 0) is 13.1 Å². The first-order valence-corrected chi connectivity index (χ1v) is 3.54. The van der Waals surface area contributed by atoms with E-state index < -0.39 is 5.97 Å². The largest absolute Gasteiger partial charge is 0.513 e. The maximum absolute atomic E-state index is 11.0. The standard InChI is InChI=1S/C8H13NO3/c1-4-9(3)7(6-10)8(11)12-5-2/h4,6,10H,1,5H2,2-3H3/b7-6+. The maximum Gasteiger partial charge on any atom is 0.358 e. The van der Waals surface area contributed by atoms with Crippen molar-refractivity contribution in [3.05, 3.63) is 24.7 Å². The molecule has 0 aromatic rings. The summed E-state index contributed by atoms with van der Waals surface area (Å²) >= 11 is 0. The lowest BCUT2D eigenvalue weighted by atomic mass is 10.4. The van der Waals surface area contributed by atoms with Gasteiger partial charge < -0.3 is 14.7 Å². The van der Waals surface area contributed by atoms with E-state index in [2.05, 4.69) is 11.3 Å². The van der Waals surface area contributed by atoms with Crippen LogP contribution < -0.4 is 0 Å². The Bertz CT molecular complexity index is 198. The molecule has 68 valence electrons. The minimum absolute atomic E-state index is 0.0619. The molecule has 0 saturated carbocycles. The van der Waals surface area contributed by atoms with Gasteiger partial charge in [-0.15, -0.1) is 0 Å². The van der Waals surface area contributed by atoms with Gasteiger partial charge in [0, 0.05) is 7.05 Å². The quantitative estimate of drug-likeness (QED) is 0.390. The maximum atomic E-state index is 11.0. The van der Waals surface area contributed by atoms with E-state index in [-0.39, 0.29) is 12.3 Å². The summed E-state index contributed by atoms with van der Waals surface area (Å²) < 4.78 is 4.66. The molecule has 0 rings (SSSR count). The molecular formula is C8H13NO3. The first-order valence-electron chi connectivity index (χ1n) is 3.54. The van der Waals surface area contributed by atoms with Crippen molar-refractivity contribution in [2.75, 3.05) is 13.7 Å². The second-order valence-corrected chi connectivity index (χ2v) is 2.03. The number of carbonyl (C=O) groups excluding carboxylic acids is 1. The molecule has 0 heterocycles. The highest BCUT2D eigenvalue weighted by Crippen LogP contribution is 2.02. The van der Waals surface area contributed by atoms with E-state index in [9.17, 15) is 4.79 Å². The van der Waals surface area contributed by atoms with Crippen molar-refractivity contribution in [2.45, 2.75) is 6.92 Å². The first kappa shape index (κ1) is 10.6. The summed E-state index contributed by atoms with van der Waals surface area (Å²) in [6, 6.07) is 0. The molecule has 4 heteroatoms. The number of aliphatic hydroxyl groups excluding tert-OH is 1. The Morgan fingerprint density at radius 2 is 2.33 bits per heavy atom. The first-order chi connectivity index (χ1) is 5.67. The van der Waals surface area contributed by atoms with Crippen molar-refractivity contribution >= 4 is 5.97 Å². The average molecular weight is 171 g/mol. The molecule has 0 fully saturated rings. The van der Waals surface area contributed by atoms with Gasteiger partial charge in [0.05, 0.1) is 6.61 Å². The van der Waals surface area contributed by atoms with Crippen LogP contribution in [0.15, 0.2) is 24.7 Å². The number of esters is 1. The molecule has 0 amide bonds. The normalized spacial score (nSPS) is 10.7. The van der Waals surface area contributed by atoms with Gasteiger partial charge in [-0.25, -0.2) is 4.79 Å². The van der Waals surface area contributed by atoms with E-state index in [0.29, 0.717) is 6.26 Å². The molecule has 0 spiro atoms. The fraction of sp³-hybridized carbons (Fsp3) is 0.375. The second-order valence-electron chi connectivity index (χ2n) is 2.03. The van der Waals surface area contributed by atoms with Crippen LogP contribution in [0.5, 0.6) is 0 Å². The zero-order valence-corrected chi connectivity index (χ0v) is 7.28. The van der Waals surface area contributed by atoms with Gasteiger partial charge in [0.15, 0.2) is 5.70 Å². The van der Waals surface area contributed by atoms with E-state index in [4.69, 9.17) is 5.11 Å². The van der Waals surface area contributed by atoms with Gasteiger partial charge in [0.2, 0.25) is 0 Å². The summed E-state index contributed by atoms with van der Waals surface area (Å²) in [6.07, 6.45) is 2.10. The van der Waals surface area contributed by atoms with Crippen LogP contribution in [0.4, 0.5) is 0 Å². The molecule has 0 aliphatic carbocycles. The van der Waals surface area contributed by atoms with E-state index in [0.717, 1.165) is 0 Å². The monoisotopic (exact) mass is 171 g/mol. The smallest absolute Gasteiger partial charge is 0.358 e. The summed E-state index contributed by atoms with van der Waals surface area (Å²) in [5.74, 6) is -0.567. The van der Waals surface area contributed by atoms with Crippen LogP contribution in [0.1, 0.15) is 6.92 Å². The summed E-state index contributed by atoms with van der Waals surface area (Å²) in [5.41, 5.74) is 0.0619. The molecular weight excluding hydrogens is 158 g/mol. The molecule has 0 aromatic carbocycles. The van der Waals surface area contributed by atoms with Gasteiger partial charge in [0.25, 0.3) is 0 Å². The Balaban J connectivity index is 4.36. The zero-order valence-electron chi connectivity index (χ0n) is 7.28. The highest BCUT2D eigenvalue weighted by molar-refractivity contribution is 5.87. The highest BCUT2D eigenvalue weighted by Gasteiger charge is 2.12. The lowest BCUT2D eigenvalue weighted by Gasteiger charge is -2.14. The van der Waals surface area contributed by atoms with Crippen LogP contribution in [-0.4, -0.2) is 29.6 Å². The average Bonchev–Trinajstić information content (AvgIpc) is 2.06. The van der Waals surface area contributed by atoms with E-state index in [1.165, 1.54) is 11.1 Å². The van der Waals surface area contributed by atoms with Crippen LogP contribution in [0.2, 0.25) is 0 Å². The zero-order chi connectivity index (χ0) is 9.56. The minimum atomic E-state index is -0.567. The number of rotatable bonds is 4. The van der Waals surface area contributed by atoms with Gasteiger partial charge in [-0.2, -0.15) is 0 Å². The van der Waals surface area contributed by atoms with Crippen LogP contribution in [0, 0.1) is 0 Å². The topological polar surface area (TPSA) is 49.8 Å². The molecule has 0 aromatic heterocycles. The van der Waals surface area contributed by atoms with E-state index in [1.807, 2.05) is 0 Å². The number of nitrogens with zero attached hydrogens (tertiary/aromatic N) is 1. The van der Waals surface area contributed by atoms with Crippen LogP contribution >= 0.6 is 0 Å². The lowest BCUT2D eigenvalue weighted by Crippen LogP contribution is -2.20. The van der Waals surface area contributed by atoms with Crippen LogP contribution in [0.25, 0.3) is 0 Å². The predicted molar refractivity (Wildman–Crippen MR) is 45.3 cm³/mol. The Labute approximate surface area is 71.7 Å². The molecule has 1 N–H and O–H groups in total. The second kappa shape index (κ2) is 5.23. The van der Waals surface area contributed by atoms with Crippen LogP contribution in [0.3, 0.4) is 0 Å². The van der Waals surface area contributed by atoms with E-state index >= 15 is 0 Å². The highest BCUT2D eigenvalue weighted by atomic mass is 16.5. The Kier molecular flexibility index (Phi) is 4.60. The Morgan fingerprint density at radius 3 is 2.67 bits per heavy atom. The molecule has 0 unspecified atom stereocenters. The number of likely N-dealkylation sites (N-methyl/N-ethyl adjacent to an activating group) is 1. The predicted octanol–water partition coefficient (Wildman–Crippen LogP) is 1.02. The van der Waals surface area contributed by atoms with Gasteiger partial charge in [0.1, 0.15) is 6.26 Å². The molecule has 4 nitrogen and oxygen atoms in total. The van der Waals surface area contributed by atoms with Crippen molar-refractivity contribution in [2.24, 2.45) is 0 Å². The summed E-state index contributed by atoms with van der Waals surface area (Å²) in [4.78, 5) is 12.4. The summed E-state index contributed by atoms with van der Waals surface area (Å²) in [5, 5.41) is 8.67. The fourth-order valence-electron chi connectivity index (χ4n) is 0.591. The number of ether oxygens (including phenoxy) is 1. The van der Waals surface area contributed by atoms with Crippen molar-refractivity contribution in [3.8, 4) is 0 Å². The number of aliphatic hydroxyl groups is 1. The molecule has 0 bridgehead atoms. The van der Waals surface area contributed by atoms with Gasteiger partial charge >= 0.3 is 5.97 Å². The lowest BCUT2D eigenvalue weighted by molar-refractivity contribution is -0.140. The number of carbonyl (C=O) groups is 1. The molecule has 0 radical (unpaired) electrons. The Morgan fingerprint density at radius 1 is 1.75 bits per heavy atom. The minimum Gasteiger partial charge on any atom is -0.513 e.